The number of halogens is 1. The van der Waals surface area contributed by atoms with Gasteiger partial charge in [-0.05, 0) is 162 Å². The number of carbonyl (C=O) groups excluding carboxylic acids is 3. The Morgan fingerprint density at radius 2 is 1.61 bits per heavy atom. The molecule has 76 heavy (non-hydrogen) atoms. The molecule has 6 aliphatic rings. The first-order chi connectivity index (χ1) is 36.6. The fourth-order valence-electron chi connectivity index (χ4n) is 14.3. The molecular weight excluding hydrogens is 992 g/mol. The molecule has 4 aliphatic heterocycles. The highest BCUT2D eigenvalue weighted by atomic mass is 35.5. The summed E-state index contributed by atoms with van der Waals surface area (Å²) in [6.45, 7) is 15.3. The number of carbonyl (C=O) groups is 3. The van der Waals surface area contributed by atoms with Gasteiger partial charge in [-0.1, -0.05) is 94.1 Å². The number of aryl methyl sites for hydroxylation is 1. The average Bonchev–Trinajstić information content (AvgIpc) is 4.18. The van der Waals surface area contributed by atoms with Gasteiger partial charge in [0.15, 0.2) is 0 Å². The lowest BCUT2D eigenvalue weighted by Gasteiger charge is -2.43. The normalized spacial score (nSPS) is 24.3. The van der Waals surface area contributed by atoms with Crippen LogP contribution in [0.3, 0.4) is 0 Å². The van der Waals surface area contributed by atoms with Gasteiger partial charge in [-0.2, -0.15) is 4.98 Å². The van der Waals surface area contributed by atoms with Gasteiger partial charge in [0.2, 0.25) is 17.7 Å². The quantitative estimate of drug-likeness (QED) is 0.117. The maximum absolute atomic E-state index is 14.4. The molecule has 2 aliphatic carbocycles. The van der Waals surface area contributed by atoms with Crippen molar-refractivity contribution in [1.82, 2.24) is 39.9 Å². The number of thiazole rings is 1. The number of nitrogens with one attached hydrogen (secondary N) is 2. The van der Waals surface area contributed by atoms with Crippen molar-refractivity contribution in [3.63, 3.8) is 0 Å². The number of fused-ring (bicyclic) bond motifs is 7. The minimum atomic E-state index is -0.842. The second-order valence-corrected chi connectivity index (χ2v) is 25.8. The van der Waals surface area contributed by atoms with Crippen LogP contribution in [-0.4, -0.2) is 116 Å². The Morgan fingerprint density at radius 1 is 0.882 bits per heavy atom. The Hall–Kier alpha value is -4.99. The van der Waals surface area contributed by atoms with Crippen LogP contribution in [0.1, 0.15) is 158 Å². The van der Waals surface area contributed by atoms with E-state index in [2.05, 4.69) is 48.2 Å². The van der Waals surface area contributed by atoms with Gasteiger partial charge in [0.1, 0.15) is 17.9 Å². The number of nitrogens with zero attached hydrogens (tertiary/aromatic N) is 6. The molecule has 15 heteroatoms. The molecule has 3 N–H and O–H groups in total. The molecule has 2 aromatic heterocycles. The summed E-state index contributed by atoms with van der Waals surface area (Å²) in [5.74, 6) is 1.07. The summed E-state index contributed by atoms with van der Waals surface area (Å²) in [5, 5.41) is 18.0. The molecule has 5 fully saturated rings. The molecule has 5 aromatic rings. The number of aliphatic hydroxyl groups is 1. The fraction of sp³-hybridized carbons (Fsp3) is 0.574. The Balaban J connectivity index is 0.643. The van der Waals surface area contributed by atoms with Gasteiger partial charge in [0.05, 0.1) is 55.3 Å². The highest BCUT2D eigenvalue weighted by Crippen LogP contribution is 2.52. The molecule has 4 atom stereocenters. The zero-order valence-corrected chi connectivity index (χ0v) is 46.7. The molecule has 3 saturated heterocycles. The Kier molecular flexibility index (Phi) is 15.1. The number of rotatable bonds is 11. The number of benzene rings is 3. The van der Waals surface area contributed by atoms with Crippen LogP contribution in [-0.2, 0) is 19.8 Å². The lowest BCUT2D eigenvalue weighted by Crippen LogP contribution is -2.58. The van der Waals surface area contributed by atoms with Crippen molar-refractivity contribution in [3.05, 3.63) is 110 Å². The molecule has 3 amide bonds. The standard InChI is InChI=1S/C61H77ClN8O5S/c1-37(40-16-18-42(19-17-40)53-38(2)63-36-76-53)64-56(73)51-33-46(71)35-69(51)58(75)54(60(3,4)5)65-55(72)43-14-12-39(13-15-43)34-67-28-24-45(25-29-67)68-30-22-41(23-31-68)44-20-21-49-47(32-44)61(26-7-6-8-27-61)59-66-57(74)52-48(62)10-9-11-50(52)70(49)59/h9-11,16-21,32,36-37,39,41,43,45-46,51,54,71H,6-8,12-15,22-31,33-35H2,1-5H3,(H,64,73)(H,65,72)/t37-,39-,43-,46+,51-,54+/m0/s1. The lowest BCUT2D eigenvalue weighted by molar-refractivity contribution is -0.145. The minimum absolute atomic E-state index is 0.0456. The van der Waals surface area contributed by atoms with E-state index in [1.807, 2.05) is 76.5 Å². The van der Waals surface area contributed by atoms with Crippen molar-refractivity contribution < 1.29 is 19.5 Å². The van der Waals surface area contributed by atoms with E-state index in [9.17, 15) is 24.3 Å². The predicted molar refractivity (Wildman–Crippen MR) is 301 cm³/mol. The maximum Gasteiger partial charge on any atom is 0.282 e. The van der Waals surface area contributed by atoms with Crippen molar-refractivity contribution in [2.24, 2.45) is 17.3 Å². The van der Waals surface area contributed by atoms with Crippen molar-refractivity contribution >= 4 is 51.6 Å². The average molecular weight is 1070 g/mol. The number of hydrogen-bond donors (Lipinski definition) is 3. The molecule has 2 saturated carbocycles. The van der Waals surface area contributed by atoms with Gasteiger partial charge in [-0.3, -0.25) is 23.7 Å². The van der Waals surface area contributed by atoms with Crippen LogP contribution in [0.25, 0.3) is 27.0 Å². The van der Waals surface area contributed by atoms with E-state index in [0.29, 0.717) is 28.3 Å². The topological polar surface area (TPSA) is 153 Å². The Labute approximate surface area is 457 Å². The molecule has 0 unspecified atom stereocenters. The van der Waals surface area contributed by atoms with E-state index >= 15 is 0 Å². The molecule has 11 rings (SSSR count). The molecule has 3 aromatic carbocycles. The van der Waals surface area contributed by atoms with Crippen molar-refractivity contribution in [2.45, 2.75) is 166 Å². The van der Waals surface area contributed by atoms with E-state index in [0.717, 1.165) is 136 Å². The number of β-amino-alcohol motifs (C(OH)–C–C–N with tert-alkyl or cyclic N) is 1. The van der Waals surface area contributed by atoms with Crippen molar-refractivity contribution in [3.8, 4) is 16.1 Å². The number of likely N-dealkylation sites (tertiary alicyclic amines) is 3. The zero-order valence-electron chi connectivity index (χ0n) is 45.2. The number of piperidine rings is 2. The summed E-state index contributed by atoms with van der Waals surface area (Å²) >= 11 is 8.21. The van der Waals surface area contributed by atoms with Crippen LogP contribution in [0.5, 0.6) is 0 Å². The van der Waals surface area contributed by atoms with Crippen LogP contribution < -0.4 is 16.2 Å². The molecule has 404 valence electrons. The van der Waals surface area contributed by atoms with E-state index in [1.54, 1.807) is 17.4 Å². The van der Waals surface area contributed by atoms with Gasteiger partial charge >= 0.3 is 0 Å². The fourth-order valence-corrected chi connectivity index (χ4v) is 15.3. The number of aliphatic hydroxyl groups excluding tert-OH is 1. The molecular formula is C61H77ClN8O5S. The summed E-state index contributed by atoms with van der Waals surface area (Å²) < 4.78 is 2.25. The smallest absolute Gasteiger partial charge is 0.282 e. The van der Waals surface area contributed by atoms with Crippen molar-refractivity contribution in [1.29, 1.82) is 0 Å². The van der Waals surface area contributed by atoms with Crippen molar-refractivity contribution in [2.75, 3.05) is 39.3 Å². The Morgan fingerprint density at radius 3 is 2.29 bits per heavy atom. The monoisotopic (exact) mass is 1070 g/mol. The van der Waals surface area contributed by atoms with Crippen LogP contribution in [0.2, 0.25) is 5.02 Å². The Bertz CT molecular complexity index is 3010. The first-order valence-corrected chi connectivity index (χ1v) is 29.7. The molecule has 13 nitrogen and oxygen atoms in total. The predicted octanol–water partition coefficient (Wildman–Crippen LogP) is 9.85. The third-order valence-corrected chi connectivity index (χ3v) is 19.9. The van der Waals surface area contributed by atoms with E-state index in [4.69, 9.17) is 16.6 Å². The zero-order chi connectivity index (χ0) is 53.0. The summed E-state index contributed by atoms with van der Waals surface area (Å²) in [6.07, 6.45) is 13.1. The highest BCUT2D eigenvalue weighted by molar-refractivity contribution is 7.13. The summed E-state index contributed by atoms with van der Waals surface area (Å²) in [4.78, 5) is 73.0. The number of amides is 3. The van der Waals surface area contributed by atoms with Crippen LogP contribution in [0.4, 0.5) is 0 Å². The lowest BCUT2D eigenvalue weighted by atomic mass is 9.69. The molecule has 6 heterocycles. The maximum atomic E-state index is 14.4. The first kappa shape index (κ1) is 53.0. The highest BCUT2D eigenvalue weighted by Gasteiger charge is 2.48. The van der Waals surface area contributed by atoms with E-state index in [-0.39, 0.29) is 53.6 Å². The van der Waals surface area contributed by atoms with Crippen LogP contribution in [0, 0.1) is 24.2 Å². The van der Waals surface area contributed by atoms with Gasteiger partial charge < -0.3 is 30.4 Å². The number of aromatic nitrogens is 3. The van der Waals surface area contributed by atoms with E-state index in [1.165, 1.54) is 35.3 Å². The minimum Gasteiger partial charge on any atom is -0.391 e. The second kappa shape index (κ2) is 21.7. The largest absolute Gasteiger partial charge is 0.391 e. The summed E-state index contributed by atoms with van der Waals surface area (Å²) in [5.41, 5.74) is 8.56. The van der Waals surface area contributed by atoms with Crippen LogP contribution >= 0.6 is 22.9 Å². The van der Waals surface area contributed by atoms with Crippen LogP contribution in [0.15, 0.2) is 71.0 Å². The third kappa shape index (κ3) is 10.3. The molecule has 0 radical (unpaired) electrons. The van der Waals surface area contributed by atoms with E-state index < -0.39 is 23.6 Å². The third-order valence-electron chi connectivity index (χ3n) is 18.6. The second-order valence-electron chi connectivity index (χ2n) is 24.5. The van der Waals surface area contributed by atoms with Gasteiger partial charge in [-0.15, -0.1) is 11.3 Å². The molecule has 1 spiro atoms. The molecule has 0 bridgehead atoms. The van der Waals surface area contributed by atoms with Gasteiger partial charge in [0, 0.05) is 31.5 Å². The number of hydrogen-bond acceptors (Lipinski definition) is 10. The van der Waals surface area contributed by atoms with Gasteiger partial charge in [-0.25, -0.2) is 4.98 Å². The van der Waals surface area contributed by atoms with Gasteiger partial charge in [0.25, 0.3) is 5.56 Å². The first-order valence-electron chi connectivity index (χ1n) is 28.5. The summed E-state index contributed by atoms with van der Waals surface area (Å²) in [7, 11) is 0. The summed E-state index contributed by atoms with van der Waals surface area (Å²) in [6, 6.07) is 19.6. The SMILES string of the molecule is Cc1ncsc1-c1ccc([C@H](C)NC(=O)[C@@H]2C[C@@H](O)CN2C(=O)[C@@H](NC(=O)[C@H]2CC[C@H](CN3CCC(N4CCC(c5ccc6c(c5)C5(CCCCC5)c5nc(=O)c7c(Cl)cccc7n5-6)CC4)CC3)CC2)C(C)(C)C)cc1.